The summed E-state index contributed by atoms with van der Waals surface area (Å²) in [7, 11) is -0.747. The summed E-state index contributed by atoms with van der Waals surface area (Å²) in [6.45, 7) is 2.83. The Morgan fingerprint density at radius 1 is 1.71 bits per heavy atom. The third-order valence-corrected chi connectivity index (χ3v) is 3.92. The van der Waals surface area contributed by atoms with Crippen LogP contribution in [0.25, 0.3) is 0 Å². The highest BCUT2D eigenvalue weighted by Gasteiger charge is 2.07. The van der Waals surface area contributed by atoms with E-state index in [2.05, 4.69) is 4.98 Å². The van der Waals surface area contributed by atoms with E-state index in [9.17, 15) is 4.21 Å². The molecule has 0 bridgehead atoms. The Hall–Kier alpha value is -0.350. The molecule has 0 aromatic carbocycles. The molecule has 0 aliphatic heterocycles. The van der Waals surface area contributed by atoms with E-state index in [0.29, 0.717) is 5.88 Å². The first-order valence-corrected chi connectivity index (χ1v) is 6.68. The topological polar surface area (TPSA) is 34.9 Å². The number of imidazole rings is 1. The van der Waals surface area contributed by atoms with E-state index in [1.54, 1.807) is 18.8 Å². The Morgan fingerprint density at radius 2 is 2.43 bits per heavy atom. The summed E-state index contributed by atoms with van der Waals surface area (Å²) in [5.74, 6) is 0.476. The van der Waals surface area contributed by atoms with E-state index in [1.807, 2.05) is 11.5 Å². The molecule has 1 aromatic heterocycles. The summed E-state index contributed by atoms with van der Waals surface area (Å²) in [6, 6.07) is 0. The lowest BCUT2D eigenvalue weighted by molar-refractivity contribution is 0.608. The summed E-state index contributed by atoms with van der Waals surface area (Å²) in [6.07, 6.45) is 6.16. The molecule has 2 atom stereocenters. The Bertz CT molecular complexity index is 314. The Kier molecular flexibility index (Phi) is 4.62. The zero-order chi connectivity index (χ0) is 10.6. The molecule has 1 aromatic rings. The van der Waals surface area contributed by atoms with Crippen molar-refractivity contribution in [2.24, 2.45) is 0 Å². The molecule has 2 unspecified atom stereocenters. The van der Waals surface area contributed by atoms with Crippen LogP contribution in [-0.4, -0.2) is 25.3 Å². The summed E-state index contributed by atoms with van der Waals surface area (Å²) in [4.78, 5) is 4.02. The van der Waals surface area contributed by atoms with Crippen molar-refractivity contribution in [2.75, 3.05) is 6.26 Å². The first-order valence-electron chi connectivity index (χ1n) is 4.52. The van der Waals surface area contributed by atoms with Crippen LogP contribution in [0.1, 0.15) is 19.0 Å². The average Bonchev–Trinajstić information content (AvgIpc) is 2.60. The average molecular weight is 235 g/mol. The molecule has 5 heteroatoms. The summed E-state index contributed by atoms with van der Waals surface area (Å²) < 4.78 is 13.1. The maximum Gasteiger partial charge on any atom is 0.0948 e. The number of halogens is 1. The highest BCUT2D eigenvalue weighted by Crippen LogP contribution is 2.07. The van der Waals surface area contributed by atoms with Crippen LogP contribution >= 0.6 is 11.6 Å². The van der Waals surface area contributed by atoms with Crippen molar-refractivity contribution in [3.63, 3.8) is 0 Å². The summed E-state index contributed by atoms with van der Waals surface area (Å²) >= 11 is 5.73. The lowest BCUT2D eigenvalue weighted by atomic mass is 10.3. The van der Waals surface area contributed by atoms with Gasteiger partial charge in [-0.2, -0.15) is 0 Å². The van der Waals surface area contributed by atoms with E-state index >= 15 is 0 Å². The van der Waals surface area contributed by atoms with Crippen LogP contribution in [0, 0.1) is 0 Å². The Morgan fingerprint density at radius 3 is 3.00 bits per heavy atom. The normalized spacial score (nSPS) is 15.4. The van der Waals surface area contributed by atoms with Crippen LogP contribution in [0.4, 0.5) is 0 Å². The molecule has 3 nitrogen and oxygen atoms in total. The molecule has 1 heterocycles. The lowest BCUT2D eigenvalue weighted by Crippen LogP contribution is -2.13. The van der Waals surface area contributed by atoms with Crippen molar-refractivity contribution >= 4 is 22.4 Å². The van der Waals surface area contributed by atoms with Crippen LogP contribution in [0.3, 0.4) is 0 Å². The van der Waals surface area contributed by atoms with Gasteiger partial charge in [0.05, 0.1) is 17.9 Å². The Labute approximate surface area is 91.9 Å². The van der Waals surface area contributed by atoms with Gasteiger partial charge in [-0.3, -0.25) is 4.21 Å². The first kappa shape index (κ1) is 11.7. The van der Waals surface area contributed by atoms with Gasteiger partial charge in [-0.05, 0) is 6.42 Å². The van der Waals surface area contributed by atoms with Crippen molar-refractivity contribution in [3.05, 3.63) is 18.2 Å². The smallest absolute Gasteiger partial charge is 0.0948 e. The molecule has 0 amide bonds. The van der Waals surface area contributed by atoms with Crippen molar-refractivity contribution in [3.8, 4) is 0 Å². The molecule has 0 N–H and O–H groups in total. The lowest BCUT2D eigenvalue weighted by Gasteiger charge is -2.10. The molecule has 80 valence electrons. The van der Waals surface area contributed by atoms with Crippen molar-refractivity contribution in [1.29, 1.82) is 0 Å². The second-order valence-electron chi connectivity index (χ2n) is 3.31. The van der Waals surface area contributed by atoms with Crippen molar-refractivity contribution < 1.29 is 4.21 Å². The van der Waals surface area contributed by atoms with E-state index in [1.165, 1.54) is 0 Å². The van der Waals surface area contributed by atoms with Crippen molar-refractivity contribution in [1.82, 2.24) is 9.55 Å². The number of hydrogen-bond donors (Lipinski definition) is 0. The molecule has 0 aliphatic carbocycles. The van der Waals surface area contributed by atoms with Crippen LogP contribution in [0.15, 0.2) is 12.5 Å². The fraction of sp³-hybridized carbons (Fsp3) is 0.667. The minimum atomic E-state index is -0.747. The monoisotopic (exact) mass is 234 g/mol. The van der Waals surface area contributed by atoms with Crippen molar-refractivity contribution in [2.45, 2.75) is 31.0 Å². The van der Waals surface area contributed by atoms with Gasteiger partial charge in [0, 0.05) is 35.0 Å². The zero-order valence-corrected chi connectivity index (χ0v) is 10.0. The van der Waals surface area contributed by atoms with E-state index in [-0.39, 0.29) is 5.25 Å². The number of alkyl halides is 1. The van der Waals surface area contributed by atoms with Gasteiger partial charge in [-0.1, -0.05) is 6.92 Å². The summed E-state index contributed by atoms with van der Waals surface area (Å²) in [5, 5.41) is 0.223. The van der Waals surface area contributed by atoms with Crippen LogP contribution < -0.4 is 0 Å². The Balaban J connectivity index is 2.49. The molecular formula is C9H15ClN2OS. The minimum absolute atomic E-state index is 0.223. The molecule has 1 rings (SSSR count). The maximum atomic E-state index is 11.1. The maximum absolute atomic E-state index is 11.1. The number of rotatable bonds is 5. The molecule has 0 spiro atoms. The van der Waals surface area contributed by atoms with Gasteiger partial charge in [0.2, 0.25) is 0 Å². The predicted octanol–water partition coefficient (Wildman–Crippen LogP) is 1.78. The highest BCUT2D eigenvalue weighted by molar-refractivity contribution is 7.84. The number of aromatic nitrogens is 2. The molecule has 14 heavy (non-hydrogen) atoms. The largest absolute Gasteiger partial charge is 0.333 e. The van der Waals surface area contributed by atoms with E-state index in [0.717, 1.165) is 18.7 Å². The quantitative estimate of drug-likeness (QED) is 0.728. The van der Waals surface area contributed by atoms with Gasteiger partial charge in [-0.25, -0.2) is 4.98 Å². The number of nitrogens with zero attached hydrogens (tertiary/aromatic N) is 2. The van der Waals surface area contributed by atoms with Gasteiger partial charge in [-0.15, -0.1) is 11.6 Å². The second kappa shape index (κ2) is 5.51. The van der Waals surface area contributed by atoms with Crippen LogP contribution in [0.2, 0.25) is 0 Å². The fourth-order valence-electron chi connectivity index (χ4n) is 1.15. The minimum Gasteiger partial charge on any atom is -0.333 e. The molecule has 0 saturated heterocycles. The summed E-state index contributed by atoms with van der Waals surface area (Å²) in [5.41, 5.74) is 1.01. The van der Waals surface area contributed by atoms with E-state index in [4.69, 9.17) is 11.6 Å². The fourth-order valence-corrected chi connectivity index (χ4v) is 1.81. The molecular weight excluding hydrogens is 220 g/mol. The third-order valence-electron chi connectivity index (χ3n) is 2.28. The van der Waals surface area contributed by atoms with Crippen LogP contribution in [0.5, 0.6) is 0 Å². The van der Waals surface area contributed by atoms with E-state index < -0.39 is 10.8 Å². The molecule has 0 radical (unpaired) electrons. The predicted molar refractivity (Wildman–Crippen MR) is 59.9 cm³/mol. The SMILES string of the molecule is CC(CCn1cncc1CCl)S(C)=O. The van der Waals surface area contributed by atoms with Gasteiger partial charge in [0.25, 0.3) is 0 Å². The van der Waals surface area contributed by atoms with Gasteiger partial charge < -0.3 is 4.57 Å². The first-order chi connectivity index (χ1) is 6.65. The zero-order valence-electron chi connectivity index (χ0n) is 8.44. The highest BCUT2D eigenvalue weighted by atomic mass is 35.5. The second-order valence-corrected chi connectivity index (χ2v) is 5.38. The standard InChI is InChI=1S/C9H15ClN2OS/c1-8(14(2)13)3-4-12-7-11-6-9(12)5-10/h6-8H,3-5H2,1-2H3. The van der Waals surface area contributed by atoms with Gasteiger partial charge in [0.15, 0.2) is 0 Å². The van der Waals surface area contributed by atoms with Gasteiger partial charge >= 0.3 is 0 Å². The van der Waals surface area contributed by atoms with Gasteiger partial charge in [0.1, 0.15) is 0 Å². The van der Waals surface area contributed by atoms with Crippen LogP contribution in [-0.2, 0) is 23.2 Å². The molecule has 0 aliphatic rings. The number of hydrogen-bond acceptors (Lipinski definition) is 2. The molecule has 0 fully saturated rings. The number of aryl methyl sites for hydroxylation is 1. The molecule has 0 saturated carbocycles. The third kappa shape index (κ3) is 3.10.